The van der Waals surface area contributed by atoms with Crippen LogP contribution in [0, 0.1) is 6.92 Å². The van der Waals surface area contributed by atoms with E-state index in [1.807, 2.05) is 6.92 Å². The van der Waals surface area contributed by atoms with E-state index >= 15 is 0 Å². The summed E-state index contributed by atoms with van der Waals surface area (Å²) in [6.45, 7) is 7.31. The van der Waals surface area contributed by atoms with Crippen molar-refractivity contribution in [2.45, 2.75) is 33.2 Å². The number of nitrogens with one attached hydrogen (secondary N) is 1. The van der Waals surface area contributed by atoms with E-state index in [2.05, 4.69) is 51.5 Å². The molecular weight excluding hydrogens is 290 g/mol. The quantitative estimate of drug-likeness (QED) is 0.690. The second-order valence-electron chi connectivity index (χ2n) is 5.66. The molecule has 0 saturated heterocycles. The molecule has 0 bridgehead atoms. The Morgan fingerprint density at radius 2 is 2.17 bits per heavy atom. The van der Waals surface area contributed by atoms with Crippen LogP contribution in [0.2, 0.25) is 0 Å². The molecule has 0 saturated carbocycles. The molecule has 2 heterocycles. The maximum atomic E-state index is 5.13. The normalized spacial score (nSPS) is 14.7. The van der Waals surface area contributed by atoms with E-state index in [1.54, 1.807) is 0 Å². The summed E-state index contributed by atoms with van der Waals surface area (Å²) >= 11 is 0. The Hall–Kier alpha value is -2.37. The lowest BCUT2D eigenvalue weighted by Crippen LogP contribution is -2.44. The monoisotopic (exact) mass is 313 g/mol. The molecule has 0 unspecified atom stereocenters. The summed E-state index contributed by atoms with van der Waals surface area (Å²) in [5.41, 5.74) is 2.83. The molecule has 6 heteroatoms. The van der Waals surface area contributed by atoms with Crippen molar-refractivity contribution in [1.82, 2.24) is 20.4 Å². The molecule has 1 N–H and O–H groups in total. The highest BCUT2D eigenvalue weighted by Crippen LogP contribution is 2.18. The molecular formula is C17H23N5O. The van der Waals surface area contributed by atoms with E-state index in [0.29, 0.717) is 24.7 Å². The van der Waals surface area contributed by atoms with Gasteiger partial charge in [-0.05, 0) is 31.4 Å². The second-order valence-corrected chi connectivity index (χ2v) is 5.66. The van der Waals surface area contributed by atoms with Crippen molar-refractivity contribution in [2.24, 2.45) is 4.99 Å². The van der Waals surface area contributed by atoms with Crippen molar-refractivity contribution in [3.05, 3.63) is 47.1 Å². The molecule has 6 nitrogen and oxygen atoms in total. The largest absolute Gasteiger partial charge is 0.357 e. The fraction of sp³-hybridized carbons (Fsp3) is 0.471. The molecule has 23 heavy (non-hydrogen) atoms. The third-order valence-corrected chi connectivity index (χ3v) is 3.92. The van der Waals surface area contributed by atoms with Crippen LogP contribution in [0.15, 0.2) is 33.8 Å². The average Bonchev–Trinajstić information content (AvgIpc) is 2.99. The number of hydrogen-bond donors (Lipinski definition) is 1. The SMILES string of the molecule is CCNC(=NCCc1nc(C)no1)N1CCc2ccccc2C1. The molecule has 1 aliphatic rings. The number of guanidine groups is 1. The average molecular weight is 313 g/mol. The zero-order chi connectivity index (χ0) is 16.1. The molecule has 0 radical (unpaired) electrons. The summed E-state index contributed by atoms with van der Waals surface area (Å²) in [6.07, 6.45) is 1.73. The van der Waals surface area contributed by atoms with Gasteiger partial charge in [0.2, 0.25) is 5.89 Å². The predicted octanol–water partition coefficient (Wildman–Crippen LogP) is 1.94. The van der Waals surface area contributed by atoms with Gasteiger partial charge in [-0.3, -0.25) is 4.99 Å². The first-order chi connectivity index (χ1) is 11.3. The topological polar surface area (TPSA) is 66.5 Å². The van der Waals surface area contributed by atoms with Crippen LogP contribution in [0.4, 0.5) is 0 Å². The van der Waals surface area contributed by atoms with Gasteiger partial charge in [0, 0.05) is 26.1 Å². The number of aromatic nitrogens is 2. The molecule has 1 aliphatic heterocycles. The first kappa shape index (κ1) is 15.5. The highest BCUT2D eigenvalue weighted by molar-refractivity contribution is 5.80. The van der Waals surface area contributed by atoms with E-state index in [9.17, 15) is 0 Å². The zero-order valence-electron chi connectivity index (χ0n) is 13.7. The van der Waals surface area contributed by atoms with Crippen LogP contribution >= 0.6 is 0 Å². The number of fused-ring (bicyclic) bond motifs is 1. The van der Waals surface area contributed by atoms with Gasteiger partial charge in [-0.1, -0.05) is 29.4 Å². The van der Waals surface area contributed by atoms with Crippen molar-refractivity contribution in [3.63, 3.8) is 0 Å². The molecule has 1 aromatic heterocycles. The van der Waals surface area contributed by atoms with Gasteiger partial charge in [-0.25, -0.2) is 0 Å². The predicted molar refractivity (Wildman–Crippen MR) is 89.3 cm³/mol. The summed E-state index contributed by atoms with van der Waals surface area (Å²) < 4.78 is 5.13. The Balaban J connectivity index is 1.65. The molecule has 122 valence electrons. The van der Waals surface area contributed by atoms with Gasteiger partial charge in [0.25, 0.3) is 0 Å². The van der Waals surface area contributed by atoms with Crippen LogP contribution in [0.1, 0.15) is 29.8 Å². The van der Waals surface area contributed by atoms with Gasteiger partial charge >= 0.3 is 0 Å². The molecule has 0 fully saturated rings. The van der Waals surface area contributed by atoms with Gasteiger partial charge in [-0.15, -0.1) is 0 Å². The molecule has 0 amide bonds. The lowest BCUT2D eigenvalue weighted by molar-refractivity contribution is 0.371. The van der Waals surface area contributed by atoms with Crippen LogP contribution in [-0.4, -0.2) is 40.6 Å². The molecule has 0 aliphatic carbocycles. The number of rotatable bonds is 4. The fourth-order valence-electron chi connectivity index (χ4n) is 2.80. The summed E-state index contributed by atoms with van der Waals surface area (Å²) in [4.78, 5) is 11.2. The van der Waals surface area contributed by atoms with Crippen LogP contribution in [0.25, 0.3) is 0 Å². The summed E-state index contributed by atoms with van der Waals surface area (Å²) in [5.74, 6) is 2.27. The summed E-state index contributed by atoms with van der Waals surface area (Å²) in [7, 11) is 0. The minimum absolute atomic E-state index is 0.641. The molecule has 2 aromatic rings. The Bertz CT molecular complexity index is 679. The van der Waals surface area contributed by atoms with Crippen LogP contribution in [-0.2, 0) is 19.4 Å². The van der Waals surface area contributed by atoms with E-state index in [-0.39, 0.29) is 0 Å². The third-order valence-electron chi connectivity index (χ3n) is 3.92. The number of aryl methyl sites for hydroxylation is 1. The third kappa shape index (κ3) is 3.88. The van der Waals surface area contributed by atoms with Crippen molar-refractivity contribution in [3.8, 4) is 0 Å². The molecule has 3 rings (SSSR count). The number of nitrogens with zero attached hydrogens (tertiary/aromatic N) is 4. The fourth-order valence-corrected chi connectivity index (χ4v) is 2.80. The van der Waals surface area contributed by atoms with E-state index in [4.69, 9.17) is 9.52 Å². The summed E-state index contributed by atoms with van der Waals surface area (Å²) in [6, 6.07) is 8.63. The highest BCUT2D eigenvalue weighted by atomic mass is 16.5. The Morgan fingerprint density at radius 3 is 2.91 bits per heavy atom. The Kier molecular flexibility index (Phi) is 4.90. The maximum absolute atomic E-state index is 5.13. The van der Waals surface area contributed by atoms with Gasteiger partial charge in [0.1, 0.15) is 0 Å². The van der Waals surface area contributed by atoms with Gasteiger partial charge < -0.3 is 14.7 Å². The zero-order valence-corrected chi connectivity index (χ0v) is 13.7. The first-order valence-electron chi connectivity index (χ1n) is 8.15. The molecule has 1 aromatic carbocycles. The van der Waals surface area contributed by atoms with Crippen molar-refractivity contribution >= 4 is 5.96 Å². The van der Waals surface area contributed by atoms with E-state index < -0.39 is 0 Å². The highest BCUT2D eigenvalue weighted by Gasteiger charge is 2.18. The van der Waals surface area contributed by atoms with E-state index in [1.165, 1.54) is 11.1 Å². The lowest BCUT2D eigenvalue weighted by atomic mass is 10.0. The number of benzene rings is 1. The Morgan fingerprint density at radius 1 is 1.35 bits per heavy atom. The summed E-state index contributed by atoms with van der Waals surface area (Å²) in [5, 5.41) is 7.19. The smallest absolute Gasteiger partial charge is 0.228 e. The molecule has 0 atom stereocenters. The first-order valence-corrected chi connectivity index (χ1v) is 8.15. The van der Waals surface area contributed by atoms with Crippen LogP contribution in [0.3, 0.4) is 0 Å². The van der Waals surface area contributed by atoms with Gasteiger partial charge in [0.05, 0.1) is 6.54 Å². The number of hydrogen-bond acceptors (Lipinski definition) is 4. The van der Waals surface area contributed by atoms with Crippen LogP contribution in [0.5, 0.6) is 0 Å². The van der Waals surface area contributed by atoms with Crippen molar-refractivity contribution < 1.29 is 4.52 Å². The molecule has 0 spiro atoms. The number of aliphatic imine (C=N–C) groups is 1. The minimum atomic E-state index is 0.641. The van der Waals surface area contributed by atoms with Crippen molar-refractivity contribution in [2.75, 3.05) is 19.6 Å². The van der Waals surface area contributed by atoms with E-state index in [0.717, 1.165) is 32.0 Å². The van der Waals surface area contributed by atoms with Gasteiger partial charge in [0.15, 0.2) is 11.8 Å². The van der Waals surface area contributed by atoms with Gasteiger partial charge in [-0.2, -0.15) is 4.98 Å². The lowest BCUT2D eigenvalue weighted by Gasteiger charge is -2.31. The standard InChI is InChI=1S/C17H23N5O/c1-3-18-17(19-10-8-16-20-13(2)21-23-16)22-11-9-14-6-4-5-7-15(14)12-22/h4-7H,3,8-12H2,1-2H3,(H,18,19). The minimum Gasteiger partial charge on any atom is -0.357 e. The van der Waals surface area contributed by atoms with Crippen molar-refractivity contribution in [1.29, 1.82) is 0 Å². The maximum Gasteiger partial charge on any atom is 0.228 e. The Labute approximate surface area is 136 Å². The van der Waals surface area contributed by atoms with Crippen LogP contribution < -0.4 is 5.32 Å². The second kappa shape index (κ2) is 7.26.